The summed E-state index contributed by atoms with van der Waals surface area (Å²) in [5, 5.41) is 12.0. The Morgan fingerprint density at radius 3 is 2.95 bits per heavy atom. The molecule has 0 bridgehead atoms. The van der Waals surface area contributed by atoms with E-state index in [1.54, 1.807) is 0 Å². The third kappa shape index (κ3) is 3.39. The molecule has 2 N–H and O–H groups in total. The van der Waals surface area contributed by atoms with Crippen LogP contribution in [0.3, 0.4) is 0 Å². The second kappa shape index (κ2) is 6.62. The normalized spacial score (nSPS) is 13.9. The third-order valence-corrected chi connectivity index (χ3v) is 4.23. The number of aliphatic hydroxyl groups is 1. The molecule has 0 saturated carbocycles. The van der Waals surface area contributed by atoms with Gasteiger partial charge in [0.05, 0.1) is 6.61 Å². The molecule has 0 spiro atoms. The fraction of sp³-hybridized carbons (Fsp3) is 0.375. The number of rotatable bonds is 4. The number of halogens is 1. The first kappa shape index (κ1) is 15.2. The van der Waals surface area contributed by atoms with E-state index in [4.69, 9.17) is 5.11 Å². The van der Waals surface area contributed by atoms with Crippen molar-refractivity contribution in [1.82, 2.24) is 9.97 Å². The van der Waals surface area contributed by atoms with Gasteiger partial charge in [0.1, 0.15) is 5.82 Å². The first-order valence-electron chi connectivity index (χ1n) is 7.38. The Morgan fingerprint density at radius 1 is 1.27 bits per heavy atom. The lowest BCUT2D eigenvalue weighted by Gasteiger charge is -2.30. The SMILES string of the molecule is Cc1cc(N2CCc3cc(Br)ccc3C2)nc(NCCO)n1. The molecule has 6 heteroatoms. The molecule has 1 aromatic heterocycles. The topological polar surface area (TPSA) is 61.3 Å². The summed E-state index contributed by atoms with van der Waals surface area (Å²) in [7, 11) is 0. The summed E-state index contributed by atoms with van der Waals surface area (Å²) in [4.78, 5) is 11.2. The summed E-state index contributed by atoms with van der Waals surface area (Å²) in [6.45, 7) is 4.29. The van der Waals surface area contributed by atoms with Gasteiger partial charge in [-0.2, -0.15) is 4.98 Å². The highest BCUT2D eigenvalue weighted by atomic mass is 79.9. The van der Waals surface area contributed by atoms with Crippen LogP contribution in [0.25, 0.3) is 0 Å². The van der Waals surface area contributed by atoms with E-state index in [1.165, 1.54) is 11.1 Å². The Hall–Kier alpha value is -1.66. The van der Waals surface area contributed by atoms with E-state index in [2.05, 4.69) is 54.3 Å². The molecule has 1 aromatic carbocycles. The minimum Gasteiger partial charge on any atom is -0.395 e. The van der Waals surface area contributed by atoms with E-state index < -0.39 is 0 Å². The summed E-state index contributed by atoms with van der Waals surface area (Å²) in [5.41, 5.74) is 3.66. The smallest absolute Gasteiger partial charge is 0.224 e. The highest BCUT2D eigenvalue weighted by molar-refractivity contribution is 9.10. The second-order valence-electron chi connectivity index (χ2n) is 5.43. The van der Waals surface area contributed by atoms with Crippen LogP contribution in [0.4, 0.5) is 11.8 Å². The number of anilines is 2. The number of fused-ring (bicyclic) bond motifs is 1. The van der Waals surface area contributed by atoms with Crippen molar-refractivity contribution < 1.29 is 5.11 Å². The van der Waals surface area contributed by atoms with Gasteiger partial charge in [0, 0.05) is 35.9 Å². The lowest BCUT2D eigenvalue weighted by molar-refractivity contribution is 0.311. The van der Waals surface area contributed by atoms with Crippen LogP contribution >= 0.6 is 15.9 Å². The quantitative estimate of drug-likeness (QED) is 0.874. The molecular formula is C16H19BrN4O. The Bertz CT molecular complexity index is 677. The van der Waals surface area contributed by atoms with Crippen LogP contribution in [-0.2, 0) is 13.0 Å². The van der Waals surface area contributed by atoms with Crippen LogP contribution < -0.4 is 10.2 Å². The molecule has 1 aliphatic rings. The molecule has 1 aliphatic heterocycles. The van der Waals surface area contributed by atoms with Crippen LogP contribution in [0.1, 0.15) is 16.8 Å². The number of benzene rings is 1. The zero-order valence-electron chi connectivity index (χ0n) is 12.5. The largest absolute Gasteiger partial charge is 0.395 e. The van der Waals surface area contributed by atoms with Crippen LogP contribution in [0.15, 0.2) is 28.7 Å². The van der Waals surface area contributed by atoms with Gasteiger partial charge in [-0.3, -0.25) is 0 Å². The molecule has 0 fully saturated rings. The summed E-state index contributed by atoms with van der Waals surface area (Å²) >= 11 is 3.53. The molecule has 0 atom stereocenters. The molecule has 0 saturated heterocycles. The summed E-state index contributed by atoms with van der Waals surface area (Å²) < 4.78 is 1.13. The number of aliphatic hydroxyl groups excluding tert-OH is 1. The van der Waals surface area contributed by atoms with Crippen LogP contribution in [0.5, 0.6) is 0 Å². The number of nitrogens with zero attached hydrogens (tertiary/aromatic N) is 3. The third-order valence-electron chi connectivity index (χ3n) is 3.74. The summed E-state index contributed by atoms with van der Waals surface area (Å²) in [6, 6.07) is 8.46. The first-order valence-corrected chi connectivity index (χ1v) is 8.17. The molecule has 22 heavy (non-hydrogen) atoms. The van der Waals surface area contributed by atoms with E-state index >= 15 is 0 Å². The monoisotopic (exact) mass is 362 g/mol. The second-order valence-corrected chi connectivity index (χ2v) is 6.34. The van der Waals surface area contributed by atoms with Gasteiger partial charge in [0.25, 0.3) is 0 Å². The molecule has 3 rings (SSSR count). The van der Waals surface area contributed by atoms with Gasteiger partial charge in [0.15, 0.2) is 0 Å². The average Bonchev–Trinajstić information content (AvgIpc) is 2.52. The van der Waals surface area contributed by atoms with Crippen molar-refractivity contribution in [2.75, 3.05) is 29.9 Å². The van der Waals surface area contributed by atoms with Crippen LogP contribution in [0.2, 0.25) is 0 Å². The van der Waals surface area contributed by atoms with Crippen molar-refractivity contribution in [3.8, 4) is 0 Å². The van der Waals surface area contributed by atoms with Gasteiger partial charge in [-0.15, -0.1) is 0 Å². The molecule has 116 valence electrons. The highest BCUT2D eigenvalue weighted by Crippen LogP contribution is 2.26. The van der Waals surface area contributed by atoms with Gasteiger partial charge < -0.3 is 15.3 Å². The molecule has 0 radical (unpaired) electrons. The minimum atomic E-state index is 0.0681. The van der Waals surface area contributed by atoms with Gasteiger partial charge in [0.2, 0.25) is 5.95 Å². The van der Waals surface area contributed by atoms with Crippen molar-refractivity contribution in [1.29, 1.82) is 0 Å². The van der Waals surface area contributed by atoms with Crippen LogP contribution in [-0.4, -0.2) is 34.8 Å². The number of hydrogen-bond donors (Lipinski definition) is 2. The van der Waals surface area contributed by atoms with Crippen molar-refractivity contribution >= 4 is 27.7 Å². The van der Waals surface area contributed by atoms with E-state index in [0.717, 1.165) is 35.5 Å². The number of aromatic nitrogens is 2. The van der Waals surface area contributed by atoms with Gasteiger partial charge in [-0.1, -0.05) is 22.0 Å². The summed E-state index contributed by atoms with van der Waals surface area (Å²) in [6.07, 6.45) is 1.01. The first-order chi connectivity index (χ1) is 10.7. The maximum Gasteiger partial charge on any atom is 0.224 e. The number of hydrogen-bond acceptors (Lipinski definition) is 5. The number of aryl methyl sites for hydroxylation is 1. The van der Waals surface area contributed by atoms with E-state index in [0.29, 0.717) is 12.5 Å². The zero-order chi connectivity index (χ0) is 15.5. The molecule has 0 unspecified atom stereocenters. The fourth-order valence-electron chi connectivity index (χ4n) is 2.68. The molecular weight excluding hydrogens is 344 g/mol. The Kier molecular flexibility index (Phi) is 4.59. The highest BCUT2D eigenvalue weighted by Gasteiger charge is 2.18. The van der Waals surface area contributed by atoms with E-state index in [1.807, 2.05) is 13.0 Å². The van der Waals surface area contributed by atoms with Crippen molar-refractivity contribution in [2.45, 2.75) is 19.9 Å². The van der Waals surface area contributed by atoms with E-state index in [-0.39, 0.29) is 6.61 Å². The van der Waals surface area contributed by atoms with Gasteiger partial charge >= 0.3 is 0 Å². The molecule has 0 amide bonds. The van der Waals surface area contributed by atoms with Crippen molar-refractivity contribution in [2.24, 2.45) is 0 Å². The standard InChI is InChI=1S/C16H19BrN4O/c1-11-8-15(20-16(19-11)18-5-7-22)21-6-4-12-9-14(17)3-2-13(12)10-21/h2-3,8-9,22H,4-7,10H2,1H3,(H,18,19,20). The lowest BCUT2D eigenvalue weighted by Crippen LogP contribution is -2.31. The number of nitrogens with one attached hydrogen (secondary N) is 1. The fourth-order valence-corrected chi connectivity index (χ4v) is 3.09. The Morgan fingerprint density at radius 2 is 2.14 bits per heavy atom. The maximum absolute atomic E-state index is 8.91. The minimum absolute atomic E-state index is 0.0681. The molecule has 5 nitrogen and oxygen atoms in total. The summed E-state index contributed by atoms with van der Waals surface area (Å²) in [5.74, 6) is 1.51. The molecule has 2 heterocycles. The van der Waals surface area contributed by atoms with Crippen LogP contribution in [0, 0.1) is 6.92 Å². The molecule has 0 aliphatic carbocycles. The lowest BCUT2D eigenvalue weighted by atomic mass is 10.00. The Balaban J connectivity index is 1.83. The molecule has 2 aromatic rings. The predicted octanol–water partition coefficient (Wildman–Crippen LogP) is 2.51. The zero-order valence-corrected chi connectivity index (χ0v) is 14.1. The maximum atomic E-state index is 8.91. The van der Waals surface area contributed by atoms with Gasteiger partial charge in [-0.25, -0.2) is 4.98 Å². The van der Waals surface area contributed by atoms with Crippen molar-refractivity contribution in [3.05, 3.63) is 45.6 Å². The predicted molar refractivity (Wildman–Crippen MR) is 91.2 cm³/mol. The van der Waals surface area contributed by atoms with Crippen molar-refractivity contribution in [3.63, 3.8) is 0 Å². The van der Waals surface area contributed by atoms with E-state index in [9.17, 15) is 0 Å². The Labute approximate surface area is 138 Å². The average molecular weight is 363 g/mol. The van der Waals surface area contributed by atoms with Gasteiger partial charge in [-0.05, 0) is 36.6 Å².